The van der Waals surface area contributed by atoms with Crippen LogP contribution in [0.4, 0.5) is 0 Å². The van der Waals surface area contributed by atoms with Crippen molar-refractivity contribution in [2.24, 2.45) is 0 Å². The number of ether oxygens (including phenoxy) is 1. The minimum atomic E-state index is -0.917. The van der Waals surface area contributed by atoms with Crippen LogP contribution in [-0.2, 0) is 31.9 Å². The Labute approximate surface area is 94.9 Å². The molecule has 0 aromatic rings. The SMILES string of the molecule is CC(C)(OCl)OC(C)(C)OCl.[V]. The molecule has 0 aliphatic carbocycles. The number of hydrogen-bond acceptors (Lipinski definition) is 3. The predicted molar refractivity (Wildman–Crippen MR) is 43.1 cm³/mol. The molecule has 0 aromatic carbocycles. The zero-order valence-electron chi connectivity index (χ0n) is 7.43. The average molecular weight is 254 g/mol. The van der Waals surface area contributed by atoms with Gasteiger partial charge in [-0.3, -0.25) is 0 Å². The summed E-state index contributed by atoms with van der Waals surface area (Å²) in [5.41, 5.74) is 0. The third-order valence-electron chi connectivity index (χ3n) is 0.863. The van der Waals surface area contributed by atoms with Gasteiger partial charge >= 0.3 is 0 Å². The van der Waals surface area contributed by atoms with E-state index in [1.54, 1.807) is 27.7 Å². The zero-order valence-corrected chi connectivity index (χ0v) is 10.3. The Kier molecular flexibility index (Phi) is 7.38. The van der Waals surface area contributed by atoms with E-state index in [4.69, 9.17) is 28.5 Å². The fraction of sp³-hybridized carbons (Fsp3) is 1.00. The van der Waals surface area contributed by atoms with Gasteiger partial charge in [-0.15, -0.1) is 0 Å². The monoisotopic (exact) mass is 253 g/mol. The smallest absolute Gasteiger partial charge is 0.185 e. The molecule has 0 heterocycles. The van der Waals surface area contributed by atoms with Gasteiger partial charge in [-0.2, -0.15) is 0 Å². The Balaban J connectivity index is 0. The molecule has 0 saturated heterocycles. The molecule has 0 saturated carbocycles. The van der Waals surface area contributed by atoms with E-state index in [0.717, 1.165) is 0 Å². The van der Waals surface area contributed by atoms with Gasteiger partial charge in [-0.1, -0.05) is 0 Å². The first-order valence-corrected chi connectivity index (χ1v) is 3.74. The Bertz CT molecular complexity index is 116. The molecule has 0 bridgehead atoms. The molecule has 0 atom stereocenters. The van der Waals surface area contributed by atoms with Gasteiger partial charge in [0.05, 0.1) is 23.7 Å². The summed E-state index contributed by atoms with van der Waals surface area (Å²) in [5.74, 6) is -1.83. The van der Waals surface area contributed by atoms with Crippen LogP contribution in [0.5, 0.6) is 0 Å². The molecule has 12 heavy (non-hydrogen) atoms. The first kappa shape index (κ1) is 15.5. The topological polar surface area (TPSA) is 27.7 Å². The third-order valence-corrected chi connectivity index (χ3v) is 1.61. The largest absolute Gasteiger partial charge is 0.317 e. The van der Waals surface area contributed by atoms with E-state index in [9.17, 15) is 0 Å². The fourth-order valence-electron chi connectivity index (χ4n) is 0.623. The van der Waals surface area contributed by atoms with Crippen LogP contribution in [0.3, 0.4) is 0 Å². The predicted octanol–water partition coefficient (Wildman–Crippen LogP) is 2.81. The Morgan fingerprint density at radius 3 is 1.25 bits per heavy atom. The second-order valence-corrected chi connectivity index (χ2v) is 3.36. The van der Waals surface area contributed by atoms with Crippen LogP contribution in [0, 0.1) is 0 Å². The Morgan fingerprint density at radius 1 is 0.833 bits per heavy atom. The van der Waals surface area contributed by atoms with Gasteiger partial charge in [-0.25, -0.2) is 8.58 Å². The van der Waals surface area contributed by atoms with Gasteiger partial charge in [0.25, 0.3) is 0 Å². The molecule has 0 aliphatic rings. The number of halogens is 2. The molecular formula is C6H12Cl2O3V. The molecular weight excluding hydrogens is 242 g/mol. The summed E-state index contributed by atoms with van der Waals surface area (Å²) >= 11 is 10.3. The quantitative estimate of drug-likeness (QED) is 0.722. The molecule has 0 unspecified atom stereocenters. The molecule has 0 amide bonds. The molecule has 0 spiro atoms. The molecule has 3 nitrogen and oxygen atoms in total. The normalized spacial score (nSPS) is 12.5. The molecule has 0 N–H and O–H groups in total. The summed E-state index contributed by atoms with van der Waals surface area (Å²) in [6.45, 7) is 6.60. The second kappa shape index (κ2) is 5.71. The average Bonchev–Trinajstić information content (AvgIpc) is 1.86. The van der Waals surface area contributed by atoms with Crippen molar-refractivity contribution in [2.45, 2.75) is 39.3 Å². The van der Waals surface area contributed by atoms with Crippen LogP contribution in [-0.4, -0.2) is 11.6 Å². The maximum atomic E-state index is 5.22. The van der Waals surface area contributed by atoms with Crippen LogP contribution < -0.4 is 0 Å². The molecule has 0 aromatic heterocycles. The molecule has 1 radical (unpaired) electrons. The summed E-state index contributed by atoms with van der Waals surface area (Å²) in [4.78, 5) is 0. The zero-order chi connectivity index (χ0) is 9.12. The van der Waals surface area contributed by atoms with Crippen LogP contribution in [0.2, 0.25) is 0 Å². The van der Waals surface area contributed by atoms with Gasteiger partial charge in [0.15, 0.2) is 11.6 Å². The van der Waals surface area contributed by atoms with Crippen LogP contribution in [0.25, 0.3) is 0 Å². The van der Waals surface area contributed by atoms with Crippen molar-refractivity contribution in [1.82, 2.24) is 0 Å². The van der Waals surface area contributed by atoms with Gasteiger partial charge in [0, 0.05) is 18.6 Å². The minimum absolute atomic E-state index is 0. The van der Waals surface area contributed by atoms with Crippen molar-refractivity contribution >= 4 is 23.7 Å². The van der Waals surface area contributed by atoms with Crippen molar-refractivity contribution in [1.29, 1.82) is 0 Å². The molecule has 6 heteroatoms. The maximum absolute atomic E-state index is 5.22. The van der Waals surface area contributed by atoms with E-state index >= 15 is 0 Å². The van der Waals surface area contributed by atoms with Crippen molar-refractivity contribution in [3.05, 3.63) is 0 Å². The van der Waals surface area contributed by atoms with Crippen molar-refractivity contribution < 1.29 is 31.9 Å². The molecule has 0 aliphatic heterocycles. The summed E-state index contributed by atoms with van der Waals surface area (Å²) in [6, 6.07) is 0. The summed E-state index contributed by atoms with van der Waals surface area (Å²) < 4.78 is 14.2. The number of hydrogen-bond donors (Lipinski definition) is 0. The van der Waals surface area contributed by atoms with Crippen LogP contribution in [0.1, 0.15) is 27.7 Å². The number of rotatable bonds is 4. The van der Waals surface area contributed by atoms with E-state index in [1.165, 1.54) is 0 Å². The Hall–Kier alpha value is 1.04. The summed E-state index contributed by atoms with van der Waals surface area (Å²) in [7, 11) is 0. The van der Waals surface area contributed by atoms with E-state index in [2.05, 4.69) is 8.58 Å². The van der Waals surface area contributed by atoms with E-state index in [0.29, 0.717) is 0 Å². The third kappa shape index (κ3) is 6.55. The first-order chi connectivity index (χ1) is 4.83. The Morgan fingerprint density at radius 2 is 1.08 bits per heavy atom. The summed E-state index contributed by atoms with van der Waals surface area (Å²) in [5, 5.41) is 0. The van der Waals surface area contributed by atoms with Gasteiger partial charge in [-0.05, 0) is 27.7 Å². The van der Waals surface area contributed by atoms with E-state index in [-0.39, 0.29) is 18.6 Å². The summed E-state index contributed by atoms with van der Waals surface area (Å²) in [6.07, 6.45) is 0. The van der Waals surface area contributed by atoms with E-state index < -0.39 is 11.6 Å². The molecule has 73 valence electrons. The standard InChI is InChI=1S/C6H12Cl2O3.V/c1-5(2,10-7)9-6(3,4)11-8;/h1-4H3;. The molecule has 0 fully saturated rings. The van der Waals surface area contributed by atoms with Crippen molar-refractivity contribution in [2.75, 3.05) is 0 Å². The van der Waals surface area contributed by atoms with Gasteiger partial charge in [0.1, 0.15) is 0 Å². The van der Waals surface area contributed by atoms with Gasteiger partial charge in [0.2, 0.25) is 0 Å². The second-order valence-electron chi connectivity index (χ2n) is 3.06. The maximum Gasteiger partial charge on any atom is 0.185 e. The van der Waals surface area contributed by atoms with Crippen LogP contribution in [0.15, 0.2) is 0 Å². The van der Waals surface area contributed by atoms with Crippen LogP contribution >= 0.6 is 23.7 Å². The fourth-order valence-corrected chi connectivity index (χ4v) is 0.686. The minimum Gasteiger partial charge on any atom is -0.317 e. The molecule has 0 rings (SSSR count). The van der Waals surface area contributed by atoms with Gasteiger partial charge < -0.3 is 4.74 Å². The first-order valence-electron chi connectivity index (χ1n) is 3.13. The van der Waals surface area contributed by atoms with Crippen molar-refractivity contribution in [3.63, 3.8) is 0 Å². The van der Waals surface area contributed by atoms with E-state index in [1.807, 2.05) is 0 Å². The van der Waals surface area contributed by atoms with Crippen molar-refractivity contribution in [3.8, 4) is 0 Å².